The fraction of sp³-hybridized carbons (Fsp3) is 0.188. The first kappa shape index (κ1) is 13.1. The Bertz CT molecular complexity index is 556. The van der Waals surface area contributed by atoms with Crippen molar-refractivity contribution in [1.29, 1.82) is 0 Å². The molecule has 2 N–H and O–H groups in total. The Morgan fingerprint density at radius 1 is 0.947 bits per heavy atom. The van der Waals surface area contributed by atoms with E-state index in [1.807, 2.05) is 6.92 Å². The van der Waals surface area contributed by atoms with Crippen LogP contribution in [0.3, 0.4) is 0 Å². The zero-order valence-electron chi connectivity index (χ0n) is 10.7. The first-order valence-corrected chi connectivity index (χ1v) is 6.24. The molecule has 2 rings (SSSR count). The third kappa shape index (κ3) is 2.94. The molecule has 0 saturated heterocycles. The van der Waals surface area contributed by atoms with Crippen molar-refractivity contribution in [2.75, 3.05) is 0 Å². The van der Waals surface area contributed by atoms with Gasteiger partial charge < -0.3 is 10.2 Å². The summed E-state index contributed by atoms with van der Waals surface area (Å²) in [5, 5.41) is 18.5. The van der Waals surface area contributed by atoms with E-state index in [-0.39, 0.29) is 23.2 Å². The summed E-state index contributed by atoms with van der Waals surface area (Å²) in [4.78, 5) is 12.4. The maximum Gasteiger partial charge on any atom is 0.170 e. The molecule has 0 amide bonds. The molecule has 3 heteroatoms. The lowest BCUT2D eigenvalue weighted by atomic mass is 9.88. The molecule has 19 heavy (non-hydrogen) atoms. The second-order valence-corrected chi connectivity index (χ2v) is 4.46. The largest absolute Gasteiger partial charge is 0.508 e. The Balaban J connectivity index is 2.29. The highest BCUT2D eigenvalue weighted by molar-refractivity contribution is 6.01. The van der Waals surface area contributed by atoms with Gasteiger partial charge in [-0.3, -0.25) is 4.79 Å². The molecule has 0 heterocycles. The van der Waals surface area contributed by atoms with Crippen LogP contribution in [0, 0.1) is 0 Å². The summed E-state index contributed by atoms with van der Waals surface area (Å²) in [7, 11) is 0. The SMILES string of the molecule is CC[C@H](C(=O)c1ccc(O)cc1)c1ccc(O)cc1. The maximum absolute atomic E-state index is 12.4. The van der Waals surface area contributed by atoms with Crippen LogP contribution in [0.5, 0.6) is 11.5 Å². The van der Waals surface area contributed by atoms with Gasteiger partial charge in [0.1, 0.15) is 11.5 Å². The van der Waals surface area contributed by atoms with Gasteiger partial charge >= 0.3 is 0 Å². The summed E-state index contributed by atoms with van der Waals surface area (Å²) >= 11 is 0. The molecule has 0 aliphatic carbocycles. The second-order valence-electron chi connectivity index (χ2n) is 4.46. The maximum atomic E-state index is 12.4. The summed E-state index contributed by atoms with van der Waals surface area (Å²) in [5.74, 6) is 0.128. The molecular weight excluding hydrogens is 240 g/mol. The highest BCUT2D eigenvalue weighted by Crippen LogP contribution is 2.26. The van der Waals surface area contributed by atoms with Crippen LogP contribution in [0.4, 0.5) is 0 Å². The first-order valence-electron chi connectivity index (χ1n) is 6.24. The molecule has 0 fully saturated rings. The van der Waals surface area contributed by atoms with Crippen molar-refractivity contribution >= 4 is 5.78 Å². The van der Waals surface area contributed by atoms with Crippen molar-refractivity contribution in [1.82, 2.24) is 0 Å². The van der Waals surface area contributed by atoms with Crippen molar-refractivity contribution in [3.8, 4) is 11.5 Å². The Morgan fingerprint density at radius 3 is 1.89 bits per heavy atom. The van der Waals surface area contributed by atoms with Crippen LogP contribution < -0.4 is 0 Å². The average Bonchev–Trinajstić information content (AvgIpc) is 2.42. The monoisotopic (exact) mass is 256 g/mol. The zero-order chi connectivity index (χ0) is 13.8. The van der Waals surface area contributed by atoms with Crippen LogP contribution in [0.1, 0.15) is 35.2 Å². The minimum atomic E-state index is -0.231. The van der Waals surface area contributed by atoms with Gasteiger partial charge in [0, 0.05) is 11.5 Å². The van der Waals surface area contributed by atoms with Crippen molar-refractivity contribution in [2.45, 2.75) is 19.3 Å². The topological polar surface area (TPSA) is 57.5 Å². The van der Waals surface area contributed by atoms with E-state index in [1.165, 1.54) is 12.1 Å². The van der Waals surface area contributed by atoms with Gasteiger partial charge in [0.2, 0.25) is 0 Å². The van der Waals surface area contributed by atoms with Gasteiger partial charge in [0.15, 0.2) is 5.78 Å². The van der Waals surface area contributed by atoms with Gasteiger partial charge in [-0.25, -0.2) is 0 Å². The first-order chi connectivity index (χ1) is 9.11. The predicted molar refractivity (Wildman–Crippen MR) is 73.6 cm³/mol. The second kappa shape index (κ2) is 5.57. The lowest BCUT2D eigenvalue weighted by Gasteiger charge is -2.14. The molecule has 0 aliphatic heterocycles. The number of benzene rings is 2. The van der Waals surface area contributed by atoms with Gasteiger partial charge in [0.05, 0.1) is 0 Å². The van der Waals surface area contributed by atoms with E-state index in [0.29, 0.717) is 12.0 Å². The van der Waals surface area contributed by atoms with Crippen molar-refractivity contribution in [3.05, 3.63) is 59.7 Å². The molecule has 0 bridgehead atoms. The molecule has 0 aliphatic rings. The van der Waals surface area contributed by atoms with Gasteiger partial charge in [-0.2, -0.15) is 0 Å². The smallest absolute Gasteiger partial charge is 0.170 e. The molecule has 0 aromatic heterocycles. The average molecular weight is 256 g/mol. The number of rotatable bonds is 4. The van der Waals surface area contributed by atoms with E-state index in [1.54, 1.807) is 36.4 Å². The van der Waals surface area contributed by atoms with Crippen LogP contribution in [0.15, 0.2) is 48.5 Å². The number of carbonyl (C=O) groups excluding carboxylic acids is 1. The fourth-order valence-corrected chi connectivity index (χ4v) is 2.11. The number of phenolic OH excluding ortho intramolecular Hbond substituents is 2. The number of aromatic hydroxyl groups is 2. The van der Waals surface area contributed by atoms with E-state index < -0.39 is 0 Å². The van der Waals surface area contributed by atoms with Crippen LogP contribution in [0.25, 0.3) is 0 Å². The van der Waals surface area contributed by atoms with Crippen molar-refractivity contribution in [3.63, 3.8) is 0 Å². The molecule has 2 aromatic rings. The highest BCUT2D eigenvalue weighted by Gasteiger charge is 2.20. The Kier molecular flexibility index (Phi) is 3.85. The van der Waals surface area contributed by atoms with E-state index >= 15 is 0 Å². The van der Waals surface area contributed by atoms with Gasteiger partial charge in [-0.15, -0.1) is 0 Å². The molecule has 0 spiro atoms. The summed E-state index contributed by atoms with van der Waals surface area (Å²) < 4.78 is 0. The predicted octanol–water partition coefficient (Wildman–Crippen LogP) is 3.47. The van der Waals surface area contributed by atoms with E-state index in [2.05, 4.69) is 0 Å². The normalized spacial score (nSPS) is 12.1. The highest BCUT2D eigenvalue weighted by atomic mass is 16.3. The van der Waals surface area contributed by atoms with Crippen LogP contribution in [-0.2, 0) is 0 Å². The van der Waals surface area contributed by atoms with E-state index in [4.69, 9.17) is 0 Å². The summed E-state index contributed by atoms with van der Waals surface area (Å²) in [6.07, 6.45) is 0.685. The van der Waals surface area contributed by atoms with Crippen molar-refractivity contribution in [2.24, 2.45) is 0 Å². The number of hydrogen-bond acceptors (Lipinski definition) is 3. The zero-order valence-corrected chi connectivity index (χ0v) is 10.7. The third-order valence-corrected chi connectivity index (χ3v) is 3.17. The molecule has 0 radical (unpaired) electrons. The number of Topliss-reactive ketones (excluding diaryl/α,β-unsaturated/α-hetero) is 1. The van der Waals surface area contributed by atoms with Gasteiger partial charge in [-0.1, -0.05) is 19.1 Å². The van der Waals surface area contributed by atoms with Gasteiger partial charge in [-0.05, 0) is 48.4 Å². The van der Waals surface area contributed by atoms with Crippen LogP contribution in [0.2, 0.25) is 0 Å². The summed E-state index contributed by atoms with van der Waals surface area (Å²) in [6.45, 7) is 1.95. The molecule has 98 valence electrons. The standard InChI is InChI=1S/C16H16O3/c1-2-15(11-3-7-13(17)8-4-11)16(19)12-5-9-14(18)10-6-12/h3-10,15,17-18H,2H2,1H3/t15-/m0/s1. The minimum Gasteiger partial charge on any atom is -0.508 e. The summed E-state index contributed by atoms with van der Waals surface area (Å²) in [6, 6.07) is 13.0. The molecular formula is C16H16O3. The van der Waals surface area contributed by atoms with E-state index in [0.717, 1.165) is 5.56 Å². The Labute approximate surface area is 112 Å². The summed E-state index contributed by atoms with van der Waals surface area (Å²) in [5.41, 5.74) is 1.47. The van der Waals surface area contributed by atoms with Crippen LogP contribution in [-0.4, -0.2) is 16.0 Å². The van der Waals surface area contributed by atoms with Crippen LogP contribution >= 0.6 is 0 Å². The molecule has 1 atom stereocenters. The molecule has 2 aromatic carbocycles. The quantitative estimate of drug-likeness (QED) is 0.823. The number of ketones is 1. The third-order valence-electron chi connectivity index (χ3n) is 3.17. The lowest BCUT2D eigenvalue weighted by Crippen LogP contribution is -2.12. The Hall–Kier alpha value is -2.29. The van der Waals surface area contributed by atoms with Crippen molar-refractivity contribution < 1.29 is 15.0 Å². The number of phenols is 2. The lowest BCUT2D eigenvalue weighted by molar-refractivity contribution is 0.0957. The molecule has 0 saturated carbocycles. The molecule has 0 unspecified atom stereocenters. The Morgan fingerprint density at radius 2 is 1.42 bits per heavy atom. The fourth-order valence-electron chi connectivity index (χ4n) is 2.11. The number of carbonyl (C=O) groups is 1. The minimum absolute atomic E-state index is 0.0215. The van der Waals surface area contributed by atoms with E-state index in [9.17, 15) is 15.0 Å². The molecule has 3 nitrogen and oxygen atoms in total. The van der Waals surface area contributed by atoms with Gasteiger partial charge in [0.25, 0.3) is 0 Å². The number of hydrogen-bond donors (Lipinski definition) is 2.